The molecule has 3 rings (SSSR count). The highest BCUT2D eigenvalue weighted by molar-refractivity contribution is 6.31. The van der Waals surface area contributed by atoms with Gasteiger partial charge in [-0.1, -0.05) is 30.5 Å². The maximum absolute atomic E-state index is 12.9. The van der Waals surface area contributed by atoms with E-state index in [1.807, 2.05) is 13.0 Å². The molecule has 1 spiro atoms. The van der Waals surface area contributed by atoms with E-state index in [4.69, 9.17) is 16.9 Å². The van der Waals surface area contributed by atoms with Crippen molar-refractivity contribution in [3.8, 4) is 6.07 Å². The highest BCUT2D eigenvalue weighted by atomic mass is 35.5. The Morgan fingerprint density at radius 3 is 2.57 bits per heavy atom. The lowest BCUT2D eigenvalue weighted by Gasteiger charge is -2.30. The van der Waals surface area contributed by atoms with E-state index in [0.29, 0.717) is 17.1 Å². The molecule has 0 unspecified atom stereocenters. The third-order valence-electron chi connectivity index (χ3n) is 4.86. The molecule has 1 aromatic rings. The zero-order valence-corrected chi connectivity index (χ0v) is 13.8. The van der Waals surface area contributed by atoms with Gasteiger partial charge in [-0.05, 0) is 37.5 Å². The van der Waals surface area contributed by atoms with Crippen LogP contribution >= 0.6 is 11.6 Å². The Balaban J connectivity index is 1.88. The summed E-state index contributed by atoms with van der Waals surface area (Å²) in [6.07, 6.45) is 3.45. The van der Waals surface area contributed by atoms with E-state index >= 15 is 0 Å². The highest BCUT2D eigenvalue weighted by Gasteiger charge is 2.57. The summed E-state index contributed by atoms with van der Waals surface area (Å²) in [6.45, 7) is 2.64. The standard InChI is InChI=1S/C17H18ClN3O2/c1-2-21-16(23)20(15(22)17(21)7-3-4-8-17)11-12-5-6-13(10-19)14(18)9-12/h5-6,9H,2-4,7-8,11H2,1H3. The summed E-state index contributed by atoms with van der Waals surface area (Å²) in [6, 6.07) is 6.78. The van der Waals surface area contributed by atoms with Crippen molar-refractivity contribution in [2.75, 3.05) is 6.54 Å². The molecule has 5 nitrogen and oxygen atoms in total. The second-order valence-electron chi connectivity index (χ2n) is 6.08. The Kier molecular flexibility index (Phi) is 4.03. The number of hydrogen-bond donors (Lipinski definition) is 0. The van der Waals surface area contributed by atoms with Crippen molar-refractivity contribution in [2.24, 2.45) is 0 Å². The number of carbonyl (C=O) groups excluding carboxylic acids is 2. The first-order chi connectivity index (χ1) is 11.0. The van der Waals surface area contributed by atoms with Crippen molar-refractivity contribution in [1.29, 1.82) is 5.26 Å². The summed E-state index contributed by atoms with van der Waals surface area (Å²) in [4.78, 5) is 28.6. The van der Waals surface area contributed by atoms with Crippen molar-refractivity contribution in [2.45, 2.75) is 44.7 Å². The molecule has 1 saturated carbocycles. The fourth-order valence-corrected chi connectivity index (χ4v) is 3.98. The fourth-order valence-electron chi connectivity index (χ4n) is 3.73. The Labute approximate surface area is 140 Å². The SMILES string of the molecule is CCN1C(=O)N(Cc2ccc(C#N)c(Cl)c2)C(=O)C12CCCC2. The number of benzene rings is 1. The van der Waals surface area contributed by atoms with Crippen molar-refractivity contribution in [3.05, 3.63) is 34.3 Å². The first-order valence-corrected chi connectivity index (χ1v) is 8.23. The van der Waals surface area contributed by atoms with E-state index < -0.39 is 5.54 Å². The molecule has 0 radical (unpaired) electrons. The Morgan fingerprint density at radius 1 is 1.30 bits per heavy atom. The number of urea groups is 1. The van der Waals surface area contributed by atoms with Crippen LogP contribution in [0, 0.1) is 11.3 Å². The van der Waals surface area contributed by atoms with Crippen LogP contribution in [0.2, 0.25) is 5.02 Å². The molecule has 2 fully saturated rings. The third-order valence-corrected chi connectivity index (χ3v) is 5.18. The van der Waals surface area contributed by atoms with Gasteiger partial charge in [0.25, 0.3) is 5.91 Å². The van der Waals surface area contributed by atoms with E-state index in [9.17, 15) is 9.59 Å². The lowest BCUT2D eigenvalue weighted by Crippen LogP contribution is -2.47. The summed E-state index contributed by atoms with van der Waals surface area (Å²) >= 11 is 6.04. The van der Waals surface area contributed by atoms with Crippen LogP contribution in [0.5, 0.6) is 0 Å². The van der Waals surface area contributed by atoms with Crippen LogP contribution in [0.1, 0.15) is 43.7 Å². The minimum absolute atomic E-state index is 0.0951. The molecule has 1 aromatic carbocycles. The van der Waals surface area contributed by atoms with E-state index in [1.165, 1.54) is 4.90 Å². The third kappa shape index (κ3) is 2.38. The van der Waals surface area contributed by atoms with E-state index in [-0.39, 0.29) is 18.5 Å². The van der Waals surface area contributed by atoms with Gasteiger partial charge in [-0.15, -0.1) is 0 Å². The van der Waals surface area contributed by atoms with Gasteiger partial charge in [0.15, 0.2) is 0 Å². The van der Waals surface area contributed by atoms with Gasteiger partial charge >= 0.3 is 6.03 Å². The van der Waals surface area contributed by atoms with Crippen LogP contribution < -0.4 is 0 Å². The average Bonchev–Trinajstić information content (AvgIpc) is 3.09. The van der Waals surface area contributed by atoms with Crippen molar-refractivity contribution < 1.29 is 9.59 Å². The summed E-state index contributed by atoms with van der Waals surface area (Å²) < 4.78 is 0. The molecule has 1 heterocycles. The average molecular weight is 332 g/mol. The van der Waals surface area contributed by atoms with Gasteiger partial charge < -0.3 is 4.90 Å². The number of amides is 3. The summed E-state index contributed by atoms with van der Waals surface area (Å²) in [5.74, 6) is -0.0951. The topological polar surface area (TPSA) is 64.4 Å². The number of halogens is 1. The number of rotatable bonds is 3. The molecule has 0 N–H and O–H groups in total. The van der Waals surface area contributed by atoms with E-state index in [2.05, 4.69) is 0 Å². The zero-order valence-electron chi connectivity index (χ0n) is 13.0. The summed E-state index contributed by atoms with van der Waals surface area (Å²) in [7, 11) is 0. The minimum atomic E-state index is -0.637. The Hall–Kier alpha value is -2.06. The molecule has 23 heavy (non-hydrogen) atoms. The molecular formula is C17H18ClN3O2. The predicted molar refractivity (Wildman–Crippen MR) is 85.7 cm³/mol. The molecule has 1 saturated heterocycles. The van der Waals surface area contributed by atoms with E-state index in [1.54, 1.807) is 23.1 Å². The lowest BCUT2D eigenvalue weighted by molar-refractivity contribution is -0.133. The number of imide groups is 1. The molecule has 3 amide bonds. The van der Waals surface area contributed by atoms with Gasteiger partial charge in [0.1, 0.15) is 11.6 Å². The second kappa shape index (κ2) is 5.86. The summed E-state index contributed by atoms with van der Waals surface area (Å²) in [5, 5.41) is 9.26. The van der Waals surface area contributed by atoms with Crippen LogP contribution in [-0.2, 0) is 11.3 Å². The zero-order chi connectivity index (χ0) is 16.6. The molecule has 6 heteroatoms. The van der Waals surface area contributed by atoms with Crippen molar-refractivity contribution in [1.82, 2.24) is 9.80 Å². The number of nitriles is 1. The predicted octanol–water partition coefficient (Wildman–Crippen LogP) is 3.31. The maximum Gasteiger partial charge on any atom is 0.327 e. The van der Waals surface area contributed by atoms with E-state index in [0.717, 1.165) is 31.2 Å². The van der Waals surface area contributed by atoms with Gasteiger partial charge in [0.05, 0.1) is 17.1 Å². The fraction of sp³-hybridized carbons (Fsp3) is 0.471. The normalized spacial score (nSPS) is 19.7. The highest BCUT2D eigenvalue weighted by Crippen LogP contribution is 2.42. The van der Waals surface area contributed by atoms with Crippen LogP contribution in [-0.4, -0.2) is 33.8 Å². The van der Waals surface area contributed by atoms with Gasteiger partial charge in [-0.25, -0.2) is 4.79 Å². The van der Waals surface area contributed by atoms with Crippen LogP contribution in [0.3, 0.4) is 0 Å². The smallest absolute Gasteiger partial charge is 0.310 e. The van der Waals surface area contributed by atoms with Crippen LogP contribution in [0.15, 0.2) is 18.2 Å². The number of carbonyl (C=O) groups is 2. The molecule has 0 bridgehead atoms. The first kappa shape index (κ1) is 15.8. The lowest BCUT2D eigenvalue weighted by atomic mass is 9.95. The second-order valence-corrected chi connectivity index (χ2v) is 6.49. The number of likely N-dealkylation sites (N-methyl/N-ethyl adjacent to an activating group) is 1. The summed E-state index contributed by atoms with van der Waals surface area (Å²) in [5.41, 5.74) is 0.501. The van der Waals surface area contributed by atoms with Crippen LogP contribution in [0.25, 0.3) is 0 Å². The molecule has 0 aromatic heterocycles. The molecule has 120 valence electrons. The van der Waals surface area contributed by atoms with Crippen molar-refractivity contribution >= 4 is 23.5 Å². The van der Waals surface area contributed by atoms with Gasteiger partial charge in [-0.2, -0.15) is 5.26 Å². The largest absolute Gasteiger partial charge is 0.327 e. The maximum atomic E-state index is 12.9. The monoisotopic (exact) mass is 331 g/mol. The molecule has 0 atom stereocenters. The van der Waals surface area contributed by atoms with Gasteiger partial charge in [0.2, 0.25) is 0 Å². The quantitative estimate of drug-likeness (QED) is 0.798. The first-order valence-electron chi connectivity index (χ1n) is 7.85. The minimum Gasteiger partial charge on any atom is -0.310 e. The molecular weight excluding hydrogens is 314 g/mol. The molecule has 1 aliphatic heterocycles. The van der Waals surface area contributed by atoms with Gasteiger partial charge in [0, 0.05) is 6.54 Å². The van der Waals surface area contributed by atoms with Crippen LogP contribution in [0.4, 0.5) is 4.79 Å². The van der Waals surface area contributed by atoms with Gasteiger partial charge in [-0.3, -0.25) is 9.69 Å². The Morgan fingerprint density at radius 2 is 2.00 bits per heavy atom. The number of hydrogen-bond acceptors (Lipinski definition) is 3. The Bertz CT molecular complexity index is 704. The number of nitrogens with zero attached hydrogens (tertiary/aromatic N) is 3. The molecule has 1 aliphatic carbocycles. The van der Waals surface area contributed by atoms with Crippen molar-refractivity contribution in [3.63, 3.8) is 0 Å². The molecule has 2 aliphatic rings.